The van der Waals surface area contributed by atoms with Gasteiger partial charge in [-0.15, -0.1) is 0 Å². The first-order chi connectivity index (χ1) is 10.6. The second kappa shape index (κ2) is 5.96. The molecule has 0 fully saturated rings. The standard InChI is InChI=1S/C20H23NO/c1-14-8-11-19(15(2)12-14)21(3)20(22)13-17-10-9-16-6-4-5-7-18(16)17/h4-8,11-12,17H,9-10,13H2,1-3H3. The Labute approximate surface area is 132 Å². The topological polar surface area (TPSA) is 20.3 Å². The number of anilines is 1. The average molecular weight is 293 g/mol. The van der Waals surface area contributed by atoms with Crippen molar-refractivity contribution in [2.45, 2.75) is 39.0 Å². The molecule has 0 spiro atoms. The van der Waals surface area contributed by atoms with Crippen LogP contribution in [0.5, 0.6) is 0 Å². The second-order valence-electron chi connectivity index (χ2n) is 6.38. The Bertz CT molecular complexity index is 705. The lowest BCUT2D eigenvalue weighted by Gasteiger charge is -2.22. The quantitative estimate of drug-likeness (QED) is 0.822. The monoisotopic (exact) mass is 293 g/mol. The first kappa shape index (κ1) is 14.8. The van der Waals surface area contributed by atoms with Crippen molar-refractivity contribution in [1.29, 1.82) is 0 Å². The van der Waals surface area contributed by atoms with E-state index in [1.165, 1.54) is 16.7 Å². The largest absolute Gasteiger partial charge is 0.315 e. The van der Waals surface area contributed by atoms with Gasteiger partial charge in [0.05, 0.1) is 0 Å². The lowest BCUT2D eigenvalue weighted by molar-refractivity contribution is -0.118. The van der Waals surface area contributed by atoms with Gasteiger partial charge in [-0.05, 0) is 55.4 Å². The second-order valence-corrected chi connectivity index (χ2v) is 6.38. The number of nitrogens with zero attached hydrogens (tertiary/aromatic N) is 1. The van der Waals surface area contributed by atoms with E-state index in [0.29, 0.717) is 12.3 Å². The SMILES string of the molecule is Cc1ccc(N(C)C(=O)CC2CCc3ccccc32)c(C)c1. The molecule has 0 radical (unpaired) electrons. The van der Waals surface area contributed by atoms with Crippen molar-refractivity contribution < 1.29 is 4.79 Å². The van der Waals surface area contributed by atoms with Gasteiger partial charge in [0.2, 0.25) is 5.91 Å². The van der Waals surface area contributed by atoms with Crippen molar-refractivity contribution in [3.05, 3.63) is 64.7 Å². The minimum atomic E-state index is 0.202. The van der Waals surface area contributed by atoms with Gasteiger partial charge in [0.25, 0.3) is 0 Å². The van der Waals surface area contributed by atoms with Gasteiger partial charge >= 0.3 is 0 Å². The Morgan fingerprint density at radius 1 is 1.18 bits per heavy atom. The Balaban J connectivity index is 1.75. The van der Waals surface area contributed by atoms with Crippen LogP contribution in [-0.4, -0.2) is 13.0 Å². The van der Waals surface area contributed by atoms with Crippen LogP contribution in [0.15, 0.2) is 42.5 Å². The van der Waals surface area contributed by atoms with Crippen LogP contribution in [0.25, 0.3) is 0 Å². The fraction of sp³-hybridized carbons (Fsp3) is 0.350. The molecule has 22 heavy (non-hydrogen) atoms. The number of carbonyl (C=O) groups is 1. The van der Waals surface area contributed by atoms with E-state index in [0.717, 1.165) is 24.1 Å². The Morgan fingerprint density at radius 3 is 2.73 bits per heavy atom. The lowest BCUT2D eigenvalue weighted by atomic mass is 9.97. The molecule has 0 aliphatic heterocycles. The highest BCUT2D eigenvalue weighted by Gasteiger charge is 2.26. The van der Waals surface area contributed by atoms with Crippen LogP contribution < -0.4 is 4.90 Å². The van der Waals surface area contributed by atoms with Crippen molar-refractivity contribution in [1.82, 2.24) is 0 Å². The maximum absolute atomic E-state index is 12.7. The summed E-state index contributed by atoms with van der Waals surface area (Å²) in [5.41, 5.74) is 6.18. The van der Waals surface area contributed by atoms with E-state index in [9.17, 15) is 4.79 Å². The molecule has 0 saturated carbocycles. The van der Waals surface area contributed by atoms with Crippen LogP contribution in [0.4, 0.5) is 5.69 Å². The third-order valence-corrected chi connectivity index (χ3v) is 4.77. The number of benzene rings is 2. The summed E-state index contributed by atoms with van der Waals surface area (Å²) in [4.78, 5) is 14.5. The molecule has 1 unspecified atom stereocenters. The summed E-state index contributed by atoms with van der Waals surface area (Å²) in [5.74, 6) is 0.575. The van der Waals surface area contributed by atoms with Crippen molar-refractivity contribution in [2.75, 3.05) is 11.9 Å². The van der Waals surface area contributed by atoms with Crippen molar-refractivity contribution >= 4 is 11.6 Å². The molecule has 1 aliphatic carbocycles. The number of rotatable bonds is 3. The highest BCUT2D eigenvalue weighted by Crippen LogP contribution is 2.36. The van der Waals surface area contributed by atoms with E-state index in [1.54, 1.807) is 0 Å². The van der Waals surface area contributed by atoms with E-state index in [2.05, 4.69) is 50.2 Å². The minimum Gasteiger partial charge on any atom is -0.315 e. The van der Waals surface area contributed by atoms with Gasteiger partial charge in [0, 0.05) is 19.2 Å². The van der Waals surface area contributed by atoms with Crippen LogP contribution in [-0.2, 0) is 11.2 Å². The molecule has 0 saturated heterocycles. The first-order valence-corrected chi connectivity index (χ1v) is 7.98. The van der Waals surface area contributed by atoms with Gasteiger partial charge in [-0.2, -0.15) is 0 Å². The average Bonchev–Trinajstić information content (AvgIpc) is 2.90. The summed E-state index contributed by atoms with van der Waals surface area (Å²) in [7, 11) is 1.89. The molecule has 2 aromatic carbocycles. The van der Waals surface area contributed by atoms with Crippen LogP contribution >= 0.6 is 0 Å². The summed E-state index contributed by atoms with van der Waals surface area (Å²) in [6, 6.07) is 14.8. The number of aryl methyl sites for hydroxylation is 3. The Morgan fingerprint density at radius 2 is 1.95 bits per heavy atom. The van der Waals surface area contributed by atoms with Gasteiger partial charge in [-0.25, -0.2) is 0 Å². The van der Waals surface area contributed by atoms with Crippen LogP contribution in [0.1, 0.15) is 41.0 Å². The summed E-state index contributed by atoms with van der Waals surface area (Å²) < 4.78 is 0. The molecule has 0 bridgehead atoms. The number of hydrogen-bond donors (Lipinski definition) is 0. The smallest absolute Gasteiger partial charge is 0.227 e. The fourth-order valence-electron chi connectivity index (χ4n) is 3.52. The summed E-state index contributed by atoms with van der Waals surface area (Å²) >= 11 is 0. The molecule has 2 heteroatoms. The summed E-state index contributed by atoms with van der Waals surface area (Å²) in [6.45, 7) is 4.14. The number of amides is 1. The molecule has 2 nitrogen and oxygen atoms in total. The van der Waals surface area contributed by atoms with Crippen LogP contribution in [0.2, 0.25) is 0 Å². The molecule has 0 N–H and O–H groups in total. The van der Waals surface area contributed by atoms with Crippen molar-refractivity contribution in [3.8, 4) is 0 Å². The number of fused-ring (bicyclic) bond motifs is 1. The van der Waals surface area contributed by atoms with Gasteiger partial charge in [0.15, 0.2) is 0 Å². The number of hydrogen-bond acceptors (Lipinski definition) is 1. The fourth-order valence-corrected chi connectivity index (χ4v) is 3.52. The predicted octanol–water partition coefficient (Wildman–Crippen LogP) is 4.39. The van der Waals surface area contributed by atoms with E-state index >= 15 is 0 Å². The normalized spacial score (nSPS) is 16.4. The van der Waals surface area contributed by atoms with Crippen molar-refractivity contribution in [3.63, 3.8) is 0 Å². The van der Waals surface area contributed by atoms with E-state index in [-0.39, 0.29) is 5.91 Å². The van der Waals surface area contributed by atoms with Crippen LogP contribution in [0, 0.1) is 13.8 Å². The Hall–Kier alpha value is -2.09. The van der Waals surface area contributed by atoms with Crippen molar-refractivity contribution in [2.24, 2.45) is 0 Å². The maximum atomic E-state index is 12.7. The molecule has 3 rings (SSSR count). The van der Waals surface area contributed by atoms with E-state index in [1.807, 2.05) is 18.0 Å². The molecule has 2 aromatic rings. The van der Waals surface area contributed by atoms with E-state index in [4.69, 9.17) is 0 Å². The minimum absolute atomic E-state index is 0.202. The molecular formula is C20H23NO. The maximum Gasteiger partial charge on any atom is 0.227 e. The van der Waals surface area contributed by atoms with Gasteiger partial charge in [-0.3, -0.25) is 4.79 Å². The summed E-state index contributed by atoms with van der Waals surface area (Å²) in [5, 5.41) is 0. The predicted molar refractivity (Wildman–Crippen MR) is 91.4 cm³/mol. The highest BCUT2D eigenvalue weighted by molar-refractivity contribution is 5.94. The third kappa shape index (κ3) is 2.78. The third-order valence-electron chi connectivity index (χ3n) is 4.77. The highest BCUT2D eigenvalue weighted by atomic mass is 16.2. The van der Waals surface area contributed by atoms with Crippen LogP contribution in [0.3, 0.4) is 0 Å². The van der Waals surface area contributed by atoms with Gasteiger partial charge < -0.3 is 4.90 Å². The van der Waals surface area contributed by atoms with Gasteiger partial charge in [-0.1, -0.05) is 42.0 Å². The molecule has 114 valence electrons. The Kier molecular flexibility index (Phi) is 4.02. The van der Waals surface area contributed by atoms with Gasteiger partial charge in [0.1, 0.15) is 0 Å². The first-order valence-electron chi connectivity index (χ1n) is 7.98. The zero-order valence-corrected chi connectivity index (χ0v) is 13.6. The molecular weight excluding hydrogens is 270 g/mol. The zero-order chi connectivity index (χ0) is 15.7. The molecule has 1 aliphatic rings. The summed E-state index contributed by atoms with van der Waals surface area (Å²) in [6.07, 6.45) is 2.79. The number of carbonyl (C=O) groups excluding carboxylic acids is 1. The molecule has 1 atom stereocenters. The lowest BCUT2D eigenvalue weighted by Crippen LogP contribution is -2.28. The zero-order valence-electron chi connectivity index (χ0n) is 13.6. The molecule has 1 amide bonds. The molecule has 0 heterocycles. The van der Waals surface area contributed by atoms with E-state index < -0.39 is 0 Å². The molecule has 0 aromatic heterocycles.